The third kappa shape index (κ3) is 4.83. The van der Waals surface area contributed by atoms with E-state index in [0.29, 0.717) is 22.3 Å². The Bertz CT molecular complexity index is 593. The molecular formula is C16H21Cl2N3O2. The van der Waals surface area contributed by atoms with Crippen LogP contribution in [0.1, 0.15) is 12.8 Å². The molecule has 7 heteroatoms. The Balaban J connectivity index is 1.92. The van der Waals surface area contributed by atoms with E-state index >= 15 is 0 Å². The molecule has 0 bridgehead atoms. The summed E-state index contributed by atoms with van der Waals surface area (Å²) in [6.07, 6.45) is 1.78. The lowest BCUT2D eigenvalue weighted by Gasteiger charge is -2.32. The van der Waals surface area contributed by atoms with Crippen LogP contribution in [0, 0.1) is 5.92 Å². The summed E-state index contributed by atoms with van der Waals surface area (Å²) < 4.78 is 0. The quantitative estimate of drug-likeness (QED) is 0.901. The standard InChI is InChI=1S/C16H21Cl2N3O2/c1-20(2)16(23)11-5-4-8-21(9-11)10-14(22)19-13-7-3-6-12(17)15(13)18/h3,6-7,11H,4-5,8-10H2,1-2H3,(H,19,22). The summed E-state index contributed by atoms with van der Waals surface area (Å²) >= 11 is 12.0. The lowest BCUT2D eigenvalue weighted by molar-refractivity contribution is -0.135. The van der Waals surface area contributed by atoms with Crippen LogP contribution in [0.2, 0.25) is 10.0 Å². The molecule has 1 N–H and O–H groups in total. The van der Waals surface area contributed by atoms with Crippen molar-refractivity contribution in [3.63, 3.8) is 0 Å². The fourth-order valence-electron chi connectivity index (χ4n) is 2.76. The number of piperidine rings is 1. The van der Waals surface area contributed by atoms with Gasteiger partial charge >= 0.3 is 0 Å². The average Bonchev–Trinajstić information content (AvgIpc) is 2.51. The molecule has 0 spiro atoms. The van der Waals surface area contributed by atoms with E-state index in [1.54, 1.807) is 37.2 Å². The first-order chi connectivity index (χ1) is 10.9. The number of amides is 2. The molecule has 1 fully saturated rings. The number of benzene rings is 1. The van der Waals surface area contributed by atoms with Gasteiger partial charge < -0.3 is 10.2 Å². The number of halogens is 2. The predicted octanol–water partition coefficient (Wildman–Crippen LogP) is 2.73. The van der Waals surface area contributed by atoms with Gasteiger partial charge in [0.15, 0.2) is 0 Å². The molecule has 1 aliphatic rings. The Hall–Kier alpha value is -1.30. The van der Waals surface area contributed by atoms with Gasteiger partial charge in [-0.15, -0.1) is 0 Å². The Morgan fingerprint density at radius 1 is 1.35 bits per heavy atom. The fraction of sp³-hybridized carbons (Fsp3) is 0.500. The molecule has 1 aromatic carbocycles. The van der Waals surface area contributed by atoms with Gasteiger partial charge in [-0.25, -0.2) is 0 Å². The predicted molar refractivity (Wildman–Crippen MR) is 92.9 cm³/mol. The zero-order valence-corrected chi connectivity index (χ0v) is 14.8. The summed E-state index contributed by atoms with van der Waals surface area (Å²) in [5.74, 6) is -0.0820. The van der Waals surface area contributed by atoms with Crippen molar-refractivity contribution in [2.24, 2.45) is 5.92 Å². The summed E-state index contributed by atoms with van der Waals surface area (Å²) in [7, 11) is 3.52. The topological polar surface area (TPSA) is 52.7 Å². The molecule has 2 rings (SSSR count). The summed E-state index contributed by atoms with van der Waals surface area (Å²) in [4.78, 5) is 27.9. The minimum Gasteiger partial charge on any atom is -0.349 e. The first kappa shape index (κ1) is 18.0. The van der Waals surface area contributed by atoms with Gasteiger partial charge in [0, 0.05) is 20.6 Å². The maximum absolute atomic E-state index is 12.2. The minimum atomic E-state index is -0.160. The number of carbonyl (C=O) groups excluding carboxylic acids is 2. The molecule has 0 radical (unpaired) electrons. The molecular weight excluding hydrogens is 337 g/mol. The second-order valence-electron chi connectivity index (χ2n) is 5.96. The number of nitrogens with one attached hydrogen (secondary N) is 1. The molecule has 1 heterocycles. The van der Waals surface area contributed by atoms with Crippen LogP contribution in [0.3, 0.4) is 0 Å². The number of likely N-dealkylation sites (tertiary alicyclic amines) is 1. The van der Waals surface area contributed by atoms with E-state index in [1.165, 1.54) is 0 Å². The lowest BCUT2D eigenvalue weighted by Crippen LogP contribution is -2.45. The van der Waals surface area contributed by atoms with Crippen molar-refractivity contribution in [1.82, 2.24) is 9.80 Å². The number of carbonyl (C=O) groups is 2. The summed E-state index contributed by atoms with van der Waals surface area (Å²) in [5.41, 5.74) is 0.502. The van der Waals surface area contributed by atoms with Crippen LogP contribution in [0.4, 0.5) is 5.69 Å². The minimum absolute atomic E-state index is 0.0405. The van der Waals surface area contributed by atoms with E-state index in [-0.39, 0.29) is 24.3 Å². The van der Waals surface area contributed by atoms with Crippen molar-refractivity contribution >= 4 is 40.7 Å². The van der Waals surface area contributed by atoms with Gasteiger partial charge in [-0.1, -0.05) is 29.3 Å². The van der Waals surface area contributed by atoms with Gasteiger partial charge in [-0.2, -0.15) is 0 Å². The zero-order chi connectivity index (χ0) is 17.0. The van der Waals surface area contributed by atoms with Crippen LogP contribution < -0.4 is 5.32 Å². The number of anilines is 1. The Morgan fingerprint density at radius 3 is 2.78 bits per heavy atom. The number of hydrogen-bond acceptors (Lipinski definition) is 3. The molecule has 5 nitrogen and oxygen atoms in total. The fourth-order valence-corrected chi connectivity index (χ4v) is 3.11. The SMILES string of the molecule is CN(C)C(=O)C1CCCN(CC(=O)Nc2cccc(Cl)c2Cl)C1. The van der Waals surface area contributed by atoms with E-state index in [2.05, 4.69) is 5.32 Å². The molecule has 1 atom stereocenters. The molecule has 0 aromatic heterocycles. The van der Waals surface area contributed by atoms with Gasteiger partial charge in [-0.3, -0.25) is 14.5 Å². The van der Waals surface area contributed by atoms with Gasteiger partial charge in [0.2, 0.25) is 11.8 Å². The van der Waals surface area contributed by atoms with E-state index in [9.17, 15) is 9.59 Å². The van der Waals surface area contributed by atoms with Gasteiger partial charge in [-0.05, 0) is 31.5 Å². The normalized spacial score (nSPS) is 18.5. The number of nitrogens with zero attached hydrogens (tertiary/aromatic N) is 2. The first-order valence-corrected chi connectivity index (χ1v) is 8.31. The highest BCUT2D eigenvalue weighted by molar-refractivity contribution is 6.43. The zero-order valence-electron chi connectivity index (χ0n) is 13.3. The van der Waals surface area contributed by atoms with Crippen LogP contribution >= 0.6 is 23.2 Å². The van der Waals surface area contributed by atoms with Crippen molar-refractivity contribution in [1.29, 1.82) is 0 Å². The molecule has 23 heavy (non-hydrogen) atoms. The van der Waals surface area contributed by atoms with Crippen molar-refractivity contribution in [3.05, 3.63) is 28.2 Å². The summed E-state index contributed by atoms with van der Waals surface area (Å²) in [6.45, 7) is 1.65. The second kappa shape index (κ2) is 7.99. The highest BCUT2D eigenvalue weighted by atomic mass is 35.5. The van der Waals surface area contributed by atoms with E-state index in [0.717, 1.165) is 19.4 Å². The van der Waals surface area contributed by atoms with Crippen LogP contribution in [0.25, 0.3) is 0 Å². The monoisotopic (exact) mass is 357 g/mol. The van der Waals surface area contributed by atoms with Crippen LogP contribution in [-0.2, 0) is 9.59 Å². The van der Waals surface area contributed by atoms with Gasteiger partial charge in [0.25, 0.3) is 0 Å². The van der Waals surface area contributed by atoms with E-state index in [4.69, 9.17) is 23.2 Å². The van der Waals surface area contributed by atoms with Crippen LogP contribution in [0.15, 0.2) is 18.2 Å². The average molecular weight is 358 g/mol. The van der Waals surface area contributed by atoms with E-state index in [1.807, 2.05) is 4.90 Å². The van der Waals surface area contributed by atoms with Gasteiger partial charge in [0.1, 0.15) is 0 Å². The highest BCUT2D eigenvalue weighted by Gasteiger charge is 2.27. The highest BCUT2D eigenvalue weighted by Crippen LogP contribution is 2.29. The molecule has 126 valence electrons. The summed E-state index contributed by atoms with van der Waals surface area (Å²) in [6, 6.07) is 5.11. The summed E-state index contributed by atoms with van der Waals surface area (Å²) in [5, 5.41) is 3.51. The van der Waals surface area contributed by atoms with Crippen molar-refractivity contribution < 1.29 is 9.59 Å². The Kier molecular flexibility index (Phi) is 6.27. The molecule has 0 saturated carbocycles. The largest absolute Gasteiger partial charge is 0.349 e. The molecule has 1 aromatic rings. The van der Waals surface area contributed by atoms with Crippen LogP contribution in [0.5, 0.6) is 0 Å². The third-order valence-corrected chi connectivity index (χ3v) is 4.71. The lowest BCUT2D eigenvalue weighted by atomic mass is 9.97. The molecule has 1 saturated heterocycles. The Morgan fingerprint density at radius 2 is 2.09 bits per heavy atom. The van der Waals surface area contributed by atoms with Crippen molar-refractivity contribution in [3.8, 4) is 0 Å². The molecule has 2 amide bonds. The molecule has 1 aliphatic heterocycles. The maximum Gasteiger partial charge on any atom is 0.238 e. The maximum atomic E-state index is 12.2. The van der Waals surface area contributed by atoms with E-state index < -0.39 is 0 Å². The number of rotatable bonds is 4. The Labute approximate surface area is 146 Å². The first-order valence-electron chi connectivity index (χ1n) is 7.56. The van der Waals surface area contributed by atoms with Crippen LogP contribution in [-0.4, -0.2) is 55.3 Å². The molecule has 1 unspecified atom stereocenters. The third-order valence-electron chi connectivity index (χ3n) is 3.89. The van der Waals surface area contributed by atoms with Crippen molar-refractivity contribution in [2.45, 2.75) is 12.8 Å². The van der Waals surface area contributed by atoms with Crippen molar-refractivity contribution in [2.75, 3.05) is 39.0 Å². The second-order valence-corrected chi connectivity index (χ2v) is 6.74. The van der Waals surface area contributed by atoms with Gasteiger partial charge in [0.05, 0.1) is 28.2 Å². The smallest absolute Gasteiger partial charge is 0.238 e. The number of hydrogen-bond donors (Lipinski definition) is 1. The molecule has 0 aliphatic carbocycles.